The van der Waals surface area contributed by atoms with Crippen molar-refractivity contribution in [2.45, 2.75) is 6.04 Å². The molecule has 0 radical (unpaired) electrons. The maximum atomic E-state index is 5.39. The van der Waals surface area contributed by atoms with Crippen LogP contribution in [0.3, 0.4) is 0 Å². The summed E-state index contributed by atoms with van der Waals surface area (Å²) in [6, 6.07) is 6.12. The van der Waals surface area contributed by atoms with Crippen LogP contribution in [-0.4, -0.2) is 33.9 Å². The lowest BCUT2D eigenvalue weighted by atomic mass is 10.0. The zero-order valence-corrected chi connectivity index (χ0v) is 11.0. The molecule has 1 aromatic carbocycles. The van der Waals surface area contributed by atoms with Gasteiger partial charge in [0.05, 0.1) is 25.8 Å². The predicted octanol–water partition coefficient (Wildman–Crippen LogP) is 1.36. The van der Waals surface area contributed by atoms with Gasteiger partial charge in [0.2, 0.25) is 0 Å². The van der Waals surface area contributed by atoms with Crippen LogP contribution >= 0.6 is 12.4 Å². The van der Waals surface area contributed by atoms with Gasteiger partial charge >= 0.3 is 0 Å². The number of ether oxygens (including phenoxy) is 2. The zero-order valence-electron chi connectivity index (χ0n) is 10.2. The fourth-order valence-corrected chi connectivity index (χ4v) is 2.08. The van der Waals surface area contributed by atoms with E-state index in [9.17, 15) is 0 Å². The van der Waals surface area contributed by atoms with Crippen LogP contribution in [0.25, 0.3) is 0 Å². The highest BCUT2D eigenvalue weighted by molar-refractivity contribution is 5.85. The summed E-state index contributed by atoms with van der Waals surface area (Å²) in [5.74, 6) is 1.75. The summed E-state index contributed by atoms with van der Waals surface area (Å²) in [5, 5.41) is 6.82. The first-order valence-corrected chi connectivity index (χ1v) is 5.52. The average Bonchev–Trinajstić information content (AvgIpc) is 2.38. The Balaban J connectivity index is 0.00000144. The molecule has 96 valence electrons. The van der Waals surface area contributed by atoms with Crippen LogP contribution < -0.4 is 20.1 Å². The first kappa shape index (κ1) is 14.1. The van der Waals surface area contributed by atoms with E-state index in [2.05, 4.69) is 10.6 Å². The van der Waals surface area contributed by atoms with Crippen molar-refractivity contribution in [3.8, 4) is 11.5 Å². The number of rotatable bonds is 3. The van der Waals surface area contributed by atoms with Crippen LogP contribution in [0.1, 0.15) is 11.6 Å². The molecule has 0 amide bonds. The fourth-order valence-electron chi connectivity index (χ4n) is 2.08. The summed E-state index contributed by atoms with van der Waals surface area (Å²) in [6.07, 6.45) is 0. The highest BCUT2D eigenvalue weighted by Crippen LogP contribution is 2.34. The van der Waals surface area contributed by atoms with Crippen molar-refractivity contribution < 1.29 is 9.47 Å². The summed E-state index contributed by atoms with van der Waals surface area (Å²) < 4.78 is 10.8. The second kappa shape index (κ2) is 6.69. The third-order valence-electron chi connectivity index (χ3n) is 2.86. The Bertz CT molecular complexity index is 332. The highest BCUT2D eigenvalue weighted by atomic mass is 35.5. The zero-order chi connectivity index (χ0) is 11.4. The van der Waals surface area contributed by atoms with E-state index in [1.165, 1.54) is 0 Å². The average molecular weight is 259 g/mol. The van der Waals surface area contributed by atoms with Crippen LogP contribution in [-0.2, 0) is 0 Å². The van der Waals surface area contributed by atoms with Gasteiger partial charge in [0.1, 0.15) is 11.5 Å². The Morgan fingerprint density at radius 1 is 1.12 bits per heavy atom. The van der Waals surface area contributed by atoms with Gasteiger partial charge in [-0.3, -0.25) is 0 Å². The van der Waals surface area contributed by atoms with Gasteiger partial charge in [-0.05, 0) is 12.1 Å². The van der Waals surface area contributed by atoms with Crippen molar-refractivity contribution in [1.82, 2.24) is 10.6 Å². The van der Waals surface area contributed by atoms with E-state index in [0.29, 0.717) is 0 Å². The molecule has 1 fully saturated rings. The van der Waals surface area contributed by atoms with E-state index in [-0.39, 0.29) is 18.4 Å². The summed E-state index contributed by atoms with van der Waals surface area (Å²) >= 11 is 0. The molecular weight excluding hydrogens is 240 g/mol. The molecule has 0 saturated carbocycles. The van der Waals surface area contributed by atoms with Crippen LogP contribution in [0.5, 0.6) is 11.5 Å². The number of hydrogen-bond acceptors (Lipinski definition) is 4. The molecule has 1 atom stereocenters. The lowest BCUT2D eigenvalue weighted by molar-refractivity contribution is 0.355. The van der Waals surface area contributed by atoms with Gasteiger partial charge < -0.3 is 20.1 Å². The van der Waals surface area contributed by atoms with Gasteiger partial charge in [-0.15, -0.1) is 12.4 Å². The molecule has 0 spiro atoms. The molecule has 2 rings (SSSR count). The quantitative estimate of drug-likeness (QED) is 0.859. The first-order chi connectivity index (χ1) is 7.86. The Hall–Kier alpha value is -0.970. The molecule has 5 heteroatoms. The minimum atomic E-state index is 0. The minimum absolute atomic E-state index is 0. The maximum Gasteiger partial charge on any atom is 0.127 e. The van der Waals surface area contributed by atoms with Crippen LogP contribution in [0.4, 0.5) is 0 Å². The van der Waals surface area contributed by atoms with Crippen molar-refractivity contribution in [2.75, 3.05) is 33.9 Å². The molecule has 0 aliphatic carbocycles. The number of halogens is 1. The largest absolute Gasteiger partial charge is 0.496 e. The third-order valence-corrected chi connectivity index (χ3v) is 2.86. The SMILES string of the molecule is COc1cccc(OC)c1[C@@H]1CNCCN1.Cl. The van der Waals surface area contributed by atoms with E-state index >= 15 is 0 Å². The molecule has 1 saturated heterocycles. The number of nitrogens with one attached hydrogen (secondary N) is 2. The van der Waals surface area contributed by atoms with E-state index in [4.69, 9.17) is 9.47 Å². The van der Waals surface area contributed by atoms with Crippen molar-refractivity contribution in [3.05, 3.63) is 23.8 Å². The van der Waals surface area contributed by atoms with Gasteiger partial charge in [0.15, 0.2) is 0 Å². The van der Waals surface area contributed by atoms with Gasteiger partial charge in [0, 0.05) is 19.6 Å². The molecule has 2 N–H and O–H groups in total. The summed E-state index contributed by atoms with van der Waals surface area (Å²) in [4.78, 5) is 0. The van der Waals surface area contributed by atoms with Gasteiger partial charge in [0.25, 0.3) is 0 Å². The molecule has 1 aromatic rings. The van der Waals surface area contributed by atoms with Crippen LogP contribution in [0, 0.1) is 0 Å². The molecule has 0 aromatic heterocycles. The lowest BCUT2D eigenvalue weighted by Gasteiger charge is -2.27. The highest BCUT2D eigenvalue weighted by Gasteiger charge is 2.21. The Kier molecular flexibility index (Phi) is 5.55. The summed E-state index contributed by atoms with van der Waals surface area (Å²) in [5.41, 5.74) is 1.10. The molecule has 4 nitrogen and oxygen atoms in total. The Morgan fingerprint density at radius 3 is 2.24 bits per heavy atom. The van der Waals surface area contributed by atoms with E-state index in [0.717, 1.165) is 36.7 Å². The first-order valence-electron chi connectivity index (χ1n) is 5.52. The fraction of sp³-hybridized carbons (Fsp3) is 0.500. The van der Waals surface area contributed by atoms with Crippen molar-refractivity contribution >= 4 is 12.4 Å². The molecule has 1 aliphatic rings. The smallest absolute Gasteiger partial charge is 0.127 e. The van der Waals surface area contributed by atoms with Crippen LogP contribution in [0.15, 0.2) is 18.2 Å². The second-order valence-electron chi connectivity index (χ2n) is 3.79. The minimum Gasteiger partial charge on any atom is -0.496 e. The molecular formula is C12H19ClN2O2. The van der Waals surface area contributed by atoms with Gasteiger partial charge in [-0.25, -0.2) is 0 Å². The second-order valence-corrected chi connectivity index (χ2v) is 3.79. The molecule has 1 heterocycles. The van der Waals surface area contributed by atoms with Crippen molar-refractivity contribution in [1.29, 1.82) is 0 Å². The number of benzene rings is 1. The predicted molar refractivity (Wildman–Crippen MR) is 70.4 cm³/mol. The van der Waals surface area contributed by atoms with Crippen molar-refractivity contribution in [2.24, 2.45) is 0 Å². The topological polar surface area (TPSA) is 42.5 Å². The number of piperazine rings is 1. The number of hydrogen-bond donors (Lipinski definition) is 2. The third kappa shape index (κ3) is 3.03. The maximum absolute atomic E-state index is 5.39. The molecule has 0 bridgehead atoms. The van der Waals surface area contributed by atoms with E-state index in [1.807, 2.05) is 18.2 Å². The normalized spacial score (nSPS) is 19.3. The molecule has 1 aliphatic heterocycles. The van der Waals surface area contributed by atoms with Gasteiger partial charge in [-0.1, -0.05) is 6.07 Å². The lowest BCUT2D eigenvalue weighted by Crippen LogP contribution is -2.42. The summed E-state index contributed by atoms with van der Waals surface area (Å²) in [7, 11) is 3.38. The standard InChI is InChI=1S/C12H18N2O2.ClH/c1-15-10-4-3-5-11(16-2)12(10)9-8-13-6-7-14-9;/h3-5,9,13-14H,6-8H2,1-2H3;1H/t9-;/m0./s1. The number of methoxy groups -OCH3 is 2. The summed E-state index contributed by atoms with van der Waals surface area (Å²) in [6.45, 7) is 2.87. The Morgan fingerprint density at radius 2 is 1.76 bits per heavy atom. The van der Waals surface area contributed by atoms with Crippen LogP contribution in [0.2, 0.25) is 0 Å². The monoisotopic (exact) mass is 258 g/mol. The van der Waals surface area contributed by atoms with E-state index < -0.39 is 0 Å². The molecule has 17 heavy (non-hydrogen) atoms. The van der Waals surface area contributed by atoms with Gasteiger partial charge in [-0.2, -0.15) is 0 Å². The Labute approximate surface area is 108 Å². The van der Waals surface area contributed by atoms with E-state index in [1.54, 1.807) is 14.2 Å². The molecule has 0 unspecified atom stereocenters. The van der Waals surface area contributed by atoms with Crippen molar-refractivity contribution in [3.63, 3.8) is 0 Å².